The number of benzene rings is 1. The molecule has 110 valence electrons. The number of methoxy groups -OCH3 is 1. The van der Waals surface area contributed by atoms with Gasteiger partial charge in [-0.15, -0.1) is 0 Å². The second kappa shape index (κ2) is 6.31. The quantitative estimate of drug-likeness (QED) is 0.594. The van der Waals surface area contributed by atoms with Crippen LogP contribution in [0.5, 0.6) is 5.75 Å². The van der Waals surface area contributed by atoms with Crippen LogP contribution in [0.15, 0.2) is 53.8 Å². The molecule has 0 bridgehead atoms. The molecule has 3 rings (SSSR count). The average Bonchev–Trinajstić information content (AvgIpc) is 2.95. The molecule has 0 aliphatic rings. The van der Waals surface area contributed by atoms with Crippen molar-refractivity contribution in [1.82, 2.24) is 19.9 Å². The standard InChI is InChI=1S/C15H13N5OS/c1-21-12-7-5-11(6-8-12)10-17-20-14(18-19-15(20)22)13-4-2-3-9-16-13/h2-10H,1H3,(H,19,22). The van der Waals surface area contributed by atoms with Crippen LogP contribution in [-0.4, -0.2) is 33.2 Å². The lowest BCUT2D eigenvalue weighted by Gasteiger charge is -2.01. The second-order valence-corrected chi connectivity index (χ2v) is 4.78. The largest absolute Gasteiger partial charge is 0.497 e. The highest BCUT2D eigenvalue weighted by Crippen LogP contribution is 2.14. The Bertz CT molecular complexity index is 836. The molecule has 0 fully saturated rings. The van der Waals surface area contributed by atoms with Crippen molar-refractivity contribution in [2.24, 2.45) is 5.10 Å². The second-order valence-electron chi connectivity index (χ2n) is 4.40. The van der Waals surface area contributed by atoms with E-state index in [1.165, 1.54) is 0 Å². The van der Waals surface area contributed by atoms with Gasteiger partial charge in [0.25, 0.3) is 0 Å². The Labute approximate surface area is 132 Å². The van der Waals surface area contributed by atoms with Crippen LogP contribution in [0.1, 0.15) is 5.56 Å². The third kappa shape index (κ3) is 2.94. The molecule has 0 spiro atoms. The number of pyridine rings is 1. The lowest BCUT2D eigenvalue weighted by Crippen LogP contribution is -1.96. The lowest BCUT2D eigenvalue weighted by molar-refractivity contribution is 0.415. The maximum absolute atomic E-state index is 5.21. The molecule has 0 aliphatic carbocycles. The van der Waals surface area contributed by atoms with E-state index in [0.29, 0.717) is 16.3 Å². The van der Waals surface area contributed by atoms with Gasteiger partial charge in [-0.25, -0.2) is 5.10 Å². The number of ether oxygens (including phenoxy) is 1. The van der Waals surface area contributed by atoms with E-state index in [-0.39, 0.29) is 0 Å². The van der Waals surface area contributed by atoms with E-state index in [9.17, 15) is 0 Å². The van der Waals surface area contributed by atoms with Crippen molar-refractivity contribution in [1.29, 1.82) is 0 Å². The maximum atomic E-state index is 5.21. The Morgan fingerprint density at radius 1 is 1.23 bits per heavy atom. The van der Waals surface area contributed by atoms with Crippen LogP contribution in [0.25, 0.3) is 11.5 Å². The van der Waals surface area contributed by atoms with Crippen LogP contribution in [0.3, 0.4) is 0 Å². The molecule has 0 atom stereocenters. The van der Waals surface area contributed by atoms with Crippen LogP contribution in [0, 0.1) is 4.77 Å². The zero-order valence-electron chi connectivity index (χ0n) is 11.8. The zero-order chi connectivity index (χ0) is 15.4. The number of aromatic nitrogens is 4. The fourth-order valence-corrected chi connectivity index (χ4v) is 2.05. The SMILES string of the molecule is COc1ccc(C=Nn2c(-c3ccccn3)n[nH]c2=S)cc1. The van der Waals surface area contributed by atoms with Crippen molar-refractivity contribution < 1.29 is 4.74 Å². The van der Waals surface area contributed by atoms with E-state index in [1.807, 2.05) is 42.5 Å². The number of H-pyrrole nitrogens is 1. The molecule has 2 heterocycles. The van der Waals surface area contributed by atoms with Gasteiger partial charge in [-0.05, 0) is 54.2 Å². The Morgan fingerprint density at radius 3 is 2.73 bits per heavy atom. The summed E-state index contributed by atoms with van der Waals surface area (Å²) < 4.78 is 7.08. The predicted molar refractivity (Wildman–Crippen MR) is 86.6 cm³/mol. The van der Waals surface area contributed by atoms with Crippen LogP contribution >= 0.6 is 12.2 Å². The molecule has 0 unspecified atom stereocenters. The molecular formula is C15H13N5OS. The van der Waals surface area contributed by atoms with Crippen LogP contribution in [0.2, 0.25) is 0 Å². The third-order valence-electron chi connectivity index (χ3n) is 2.98. The smallest absolute Gasteiger partial charge is 0.216 e. The molecular weight excluding hydrogens is 298 g/mol. The van der Waals surface area contributed by atoms with Crippen molar-refractivity contribution in [3.63, 3.8) is 0 Å². The number of hydrogen-bond acceptors (Lipinski definition) is 5. The van der Waals surface area contributed by atoms with Crippen molar-refractivity contribution >= 4 is 18.4 Å². The first kappa shape index (κ1) is 14.2. The molecule has 0 saturated heterocycles. The number of rotatable bonds is 4. The first-order chi connectivity index (χ1) is 10.8. The first-order valence-electron chi connectivity index (χ1n) is 6.55. The van der Waals surface area contributed by atoms with Gasteiger partial charge in [0.1, 0.15) is 11.4 Å². The van der Waals surface area contributed by atoms with Crippen LogP contribution < -0.4 is 4.74 Å². The van der Waals surface area contributed by atoms with Crippen LogP contribution in [-0.2, 0) is 0 Å². The van der Waals surface area contributed by atoms with Crippen molar-refractivity contribution in [3.05, 3.63) is 59.0 Å². The average molecular weight is 311 g/mol. The zero-order valence-corrected chi connectivity index (χ0v) is 12.6. The molecule has 0 aliphatic heterocycles. The summed E-state index contributed by atoms with van der Waals surface area (Å²) in [6.45, 7) is 0. The van der Waals surface area contributed by atoms with Gasteiger partial charge in [-0.1, -0.05) is 6.07 Å². The van der Waals surface area contributed by atoms with Gasteiger partial charge in [0.05, 0.1) is 13.3 Å². The minimum Gasteiger partial charge on any atom is -0.497 e. The Kier molecular flexibility index (Phi) is 4.06. The van der Waals surface area contributed by atoms with E-state index in [2.05, 4.69) is 20.3 Å². The van der Waals surface area contributed by atoms with Crippen molar-refractivity contribution in [2.45, 2.75) is 0 Å². The van der Waals surface area contributed by atoms with Crippen LogP contribution in [0.4, 0.5) is 0 Å². The summed E-state index contributed by atoms with van der Waals surface area (Å²) in [5.74, 6) is 1.36. The fraction of sp³-hybridized carbons (Fsp3) is 0.0667. The van der Waals surface area contributed by atoms with Gasteiger partial charge in [0, 0.05) is 6.20 Å². The molecule has 0 radical (unpaired) electrons. The number of hydrogen-bond donors (Lipinski definition) is 1. The molecule has 1 N–H and O–H groups in total. The summed E-state index contributed by atoms with van der Waals surface area (Å²) in [5.41, 5.74) is 1.62. The maximum Gasteiger partial charge on any atom is 0.216 e. The summed E-state index contributed by atoms with van der Waals surface area (Å²) in [5, 5.41) is 11.3. The topological polar surface area (TPSA) is 68.1 Å². The predicted octanol–water partition coefficient (Wildman–Crippen LogP) is 2.89. The Balaban J connectivity index is 1.93. The minimum atomic E-state index is 0.408. The van der Waals surface area contributed by atoms with Crippen molar-refractivity contribution in [3.8, 4) is 17.3 Å². The lowest BCUT2D eigenvalue weighted by atomic mass is 10.2. The van der Waals surface area contributed by atoms with Gasteiger partial charge < -0.3 is 4.74 Å². The van der Waals surface area contributed by atoms with E-state index >= 15 is 0 Å². The number of nitrogens with zero attached hydrogens (tertiary/aromatic N) is 4. The summed E-state index contributed by atoms with van der Waals surface area (Å²) in [4.78, 5) is 4.26. The normalized spacial score (nSPS) is 11.0. The van der Waals surface area contributed by atoms with Gasteiger partial charge in [-0.2, -0.15) is 14.9 Å². The van der Waals surface area contributed by atoms with E-state index < -0.39 is 0 Å². The fourth-order valence-electron chi connectivity index (χ4n) is 1.87. The summed E-state index contributed by atoms with van der Waals surface area (Å²) in [7, 11) is 1.63. The van der Waals surface area contributed by atoms with Gasteiger partial charge >= 0.3 is 0 Å². The first-order valence-corrected chi connectivity index (χ1v) is 6.96. The molecule has 7 heteroatoms. The van der Waals surface area contributed by atoms with E-state index in [4.69, 9.17) is 17.0 Å². The van der Waals surface area contributed by atoms with Gasteiger partial charge in [0.2, 0.25) is 10.6 Å². The monoisotopic (exact) mass is 311 g/mol. The molecule has 3 aromatic rings. The molecule has 0 amide bonds. The summed E-state index contributed by atoms with van der Waals surface area (Å²) in [6.07, 6.45) is 3.40. The Morgan fingerprint density at radius 2 is 2.05 bits per heavy atom. The molecule has 6 nitrogen and oxygen atoms in total. The number of aromatic amines is 1. The number of nitrogens with one attached hydrogen (secondary N) is 1. The third-order valence-corrected chi connectivity index (χ3v) is 3.25. The van der Waals surface area contributed by atoms with Gasteiger partial charge in [0.15, 0.2) is 0 Å². The highest BCUT2D eigenvalue weighted by atomic mass is 32.1. The molecule has 1 aromatic carbocycles. The minimum absolute atomic E-state index is 0.408. The summed E-state index contributed by atoms with van der Waals surface area (Å²) in [6, 6.07) is 13.1. The Hall–Kier alpha value is -2.80. The van der Waals surface area contributed by atoms with Gasteiger partial charge in [-0.3, -0.25) is 4.98 Å². The molecule has 2 aromatic heterocycles. The molecule has 22 heavy (non-hydrogen) atoms. The van der Waals surface area contributed by atoms with Crippen molar-refractivity contribution in [2.75, 3.05) is 7.11 Å². The highest BCUT2D eigenvalue weighted by Gasteiger charge is 2.08. The van der Waals surface area contributed by atoms with E-state index in [0.717, 1.165) is 11.3 Å². The van der Waals surface area contributed by atoms with E-state index in [1.54, 1.807) is 24.2 Å². The highest BCUT2D eigenvalue weighted by molar-refractivity contribution is 7.71. The summed E-state index contributed by atoms with van der Waals surface area (Å²) >= 11 is 5.21. The molecule has 0 saturated carbocycles.